The lowest BCUT2D eigenvalue weighted by atomic mass is 10.1. The fourth-order valence-corrected chi connectivity index (χ4v) is 2.47. The van der Waals surface area contributed by atoms with Gasteiger partial charge >= 0.3 is 0 Å². The molecule has 0 saturated heterocycles. The molecule has 0 aliphatic rings. The van der Waals surface area contributed by atoms with Crippen molar-refractivity contribution in [1.82, 2.24) is 19.7 Å². The van der Waals surface area contributed by atoms with Gasteiger partial charge in [-0.1, -0.05) is 32.0 Å². The topological polar surface area (TPSA) is 55.6 Å². The molecule has 0 unspecified atom stereocenters. The van der Waals surface area contributed by atoms with E-state index in [2.05, 4.69) is 47.5 Å². The van der Waals surface area contributed by atoms with Crippen LogP contribution in [-0.2, 0) is 6.54 Å². The first-order valence-corrected chi connectivity index (χ1v) is 7.81. The van der Waals surface area contributed by atoms with Crippen molar-refractivity contribution in [2.75, 3.05) is 5.32 Å². The van der Waals surface area contributed by atoms with Crippen molar-refractivity contribution >= 4 is 5.95 Å². The molecule has 2 aromatic heterocycles. The van der Waals surface area contributed by atoms with E-state index in [0.29, 0.717) is 18.4 Å². The van der Waals surface area contributed by atoms with Gasteiger partial charge in [-0.25, -0.2) is 14.6 Å². The minimum Gasteiger partial charge on any atom is -0.350 e. The minimum atomic E-state index is 0.357. The van der Waals surface area contributed by atoms with Crippen LogP contribution >= 0.6 is 0 Å². The molecule has 23 heavy (non-hydrogen) atoms. The van der Waals surface area contributed by atoms with Gasteiger partial charge in [0.1, 0.15) is 0 Å². The van der Waals surface area contributed by atoms with E-state index in [4.69, 9.17) is 5.10 Å². The van der Waals surface area contributed by atoms with Crippen molar-refractivity contribution in [2.45, 2.75) is 33.2 Å². The molecular formula is C18H21N5. The molecule has 0 bridgehead atoms. The fraction of sp³-hybridized carbons (Fsp3) is 0.278. The molecule has 0 aliphatic carbocycles. The van der Waals surface area contributed by atoms with E-state index in [-0.39, 0.29) is 0 Å². The van der Waals surface area contributed by atoms with Crippen LogP contribution < -0.4 is 5.32 Å². The van der Waals surface area contributed by atoms with Crippen molar-refractivity contribution in [3.05, 3.63) is 65.7 Å². The van der Waals surface area contributed by atoms with Gasteiger partial charge in [0, 0.05) is 30.2 Å². The molecule has 5 heteroatoms. The zero-order chi connectivity index (χ0) is 16.2. The van der Waals surface area contributed by atoms with Gasteiger partial charge in [-0.05, 0) is 31.0 Å². The molecular weight excluding hydrogens is 286 g/mol. The molecule has 118 valence electrons. The fourth-order valence-electron chi connectivity index (χ4n) is 2.47. The van der Waals surface area contributed by atoms with Crippen LogP contribution in [0.1, 0.15) is 36.7 Å². The number of benzene rings is 1. The molecule has 0 amide bonds. The monoisotopic (exact) mass is 307 g/mol. The number of hydrogen-bond acceptors (Lipinski definition) is 4. The first-order valence-electron chi connectivity index (χ1n) is 7.81. The largest absolute Gasteiger partial charge is 0.350 e. The highest BCUT2D eigenvalue weighted by Gasteiger charge is 2.13. The van der Waals surface area contributed by atoms with Gasteiger partial charge in [0.25, 0.3) is 0 Å². The van der Waals surface area contributed by atoms with E-state index in [9.17, 15) is 0 Å². The third-order valence-electron chi connectivity index (χ3n) is 3.62. The predicted octanol–water partition coefficient (Wildman–Crippen LogP) is 3.71. The third kappa shape index (κ3) is 3.56. The summed E-state index contributed by atoms with van der Waals surface area (Å²) in [5.74, 6) is 1.00. The van der Waals surface area contributed by atoms with Crippen LogP contribution in [0.5, 0.6) is 0 Å². The van der Waals surface area contributed by atoms with Crippen molar-refractivity contribution in [2.24, 2.45) is 0 Å². The maximum absolute atomic E-state index is 4.75. The lowest BCUT2D eigenvalue weighted by molar-refractivity contribution is 0.763. The van der Waals surface area contributed by atoms with Crippen LogP contribution in [0.2, 0.25) is 0 Å². The second-order valence-electron chi connectivity index (χ2n) is 5.85. The van der Waals surface area contributed by atoms with E-state index in [1.165, 1.54) is 0 Å². The molecule has 3 aromatic rings. The van der Waals surface area contributed by atoms with Crippen molar-refractivity contribution in [1.29, 1.82) is 0 Å². The van der Waals surface area contributed by atoms with Crippen LogP contribution in [0.3, 0.4) is 0 Å². The molecule has 0 spiro atoms. The Morgan fingerprint density at radius 2 is 1.91 bits per heavy atom. The molecule has 0 aliphatic heterocycles. The summed E-state index contributed by atoms with van der Waals surface area (Å²) in [6, 6.07) is 12.0. The zero-order valence-electron chi connectivity index (χ0n) is 13.7. The molecule has 3 rings (SSSR count). The van der Waals surface area contributed by atoms with Crippen LogP contribution in [0.15, 0.2) is 48.8 Å². The van der Waals surface area contributed by atoms with E-state index in [1.54, 1.807) is 6.20 Å². The highest BCUT2D eigenvalue weighted by atomic mass is 15.3. The van der Waals surface area contributed by atoms with Crippen molar-refractivity contribution < 1.29 is 0 Å². The minimum absolute atomic E-state index is 0.357. The molecule has 0 fully saturated rings. The predicted molar refractivity (Wildman–Crippen MR) is 91.7 cm³/mol. The van der Waals surface area contributed by atoms with Crippen molar-refractivity contribution in [3.8, 4) is 5.69 Å². The second-order valence-corrected chi connectivity index (χ2v) is 5.85. The highest BCUT2D eigenvalue weighted by molar-refractivity contribution is 5.35. The van der Waals surface area contributed by atoms with Crippen LogP contribution in [0.4, 0.5) is 5.95 Å². The Balaban J connectivity index is 1.84. The van der Waals surface area contributed by atoms with Gasteiger partial charge < -0.3 is 5.32 Å². The van der Waals surface area contributed by atoms with E-state index >= 15 is 0 Å². The molecule has 2 heterocycles. The number of aromatic nitrogens is 4. The van der Waals surface area contributed by atoms with Crippen LogP contribution in [-0.4, -0.2) is 19.7 Å². The van der Waals surface area contributed by atoms with Crippen LogP contribution in [0, 0.1) is 6.92 Å². The molecule has 1 aromatic carbocycles. The normalized spacial score (nSPS) is 11.0. The summed E-state index contributed by atoms with van der Waals surface area (Å²) in [5.41, 5.74) is 4.27. The Morgan fingerprint density at radius 3 is 2.61 bits per heavy atom. The summed E-state index contributed by atoms with van der Waals surface area (Å²) in [6.45, 7) is 6.93. The summed E-state index contributed by atoms with van der Waals surface area (Å²) < 4.78 is 1.93. The Hall–Kier alpha value is -2.69. The molecule has 0 saturated carbocycles. The third-order valence-corrected chi connectivity index (χ3v) is 3.62. The summed E-state index contributed by atoms with van der Waals surface area (Å²) in [4.78, 5) is 8.62. The Labute approximate surface area is 136 Å². The molecule has 1 N–H and O–H groups in total. The standard InChI is InChI=1S/C18H21N5/c1-13(2)17-15(11-20-18-19-10-9-14(3)21-18)12-23(22-17)16-7-5-4-6-8-16/h4-10,12-13H,11H2,1-3H3,(H,19,20,21). The summed E-state index contributed by atoms with van der Waals surface area (Å²) >= 11 is 0. The number of anilines is 1. The highest BCUT2D eigenvalue weighted by Crippen LogP contribution is 2.20. The number of hydrogen-bond donors (Lipinski definition) is 1. The molecule has 0 radical (unpaired) electrons. The Kier molecular flexibility index (Phi) is 4.37. The first kappa shape index (κ1) is 15.2. The second kappa shape index (κ2) is 6.60. The lowest BCUT2D eigenvalue weighted by Crippen LogP contribution is -2.05. The van der Waals surface area contributed by atoms with Gasteiger partial charge in [0.2, 0.25) is 5.95 Å². The SMILES string of the molecule is Cc1ccnc(NCc2cn(-c3ccccc3)nc2C(C)C)n1. The summed E-state index contributed by atoms with van der Waals surface area (Å²) in [7, 11) is 0. The average molecular weight is 307 g/mol. The van der Waals surface area contributed by atoms with Gasteiger partial charge in [-0.3, -0.25) is 0 Å². The van der Waals surface area contributed by atoms with Crippen LogP contribution in [0.25, 0.3) is 5.69 Å². The average Bonchev–Trinajstić information content (AvgIpc) is 2.98. The van der Waals surface area contributed by atoms with E-state index in [0.717, 1.165) is 22.6 Å². The van der Waals surface area contributed by atoms with Gasteiger partial charge in [0.15, 0.2) is 0 Å². The quantitative estimate of drug-likeness (QED) is 0.781. The van der Waals surface area contributed by atoms with Crippen molar-refractivity contribution in [3.63, 3.8) is 0 Å². The number of para-hydroxylation sites is 1. The number of aryl methyl sites for hydroxylation is 1. The number of rotatable bonds is 5. The van der Waals surface area contributed by atoms with E-state index < -0.39 is 0 Å². The lowest BCUT2D eigenvalue weighted by Gasteiger charge is -2.07. The van der Waals surface area contributed by atoms with Gasteiger partial charge in [0.05, 0.1) is 11.4 Å². The maximum Gasteiger partial charge on any atom is 0.223 e. The molecule has 5 nitrogen and oxygen atoms in total. The first-order chi connectivity index (χ1) is 11.1. The maximum atomic E-state index is 4.75. The summed E-state index contributed by atoms with van der Waals surface area (Å²) in [6.07, 6.45) is 3.84. The smallest absolute Gasteiger partial charge is 0.223 e. The number of nitrogens with one attached hydrogen (secondary N) is 1. The summed E-state index contributed by atoms with van der Waals surface area (Å²) in [5, 5.41) is 8.03. The van der Waals surface area contributed by atoms with E-state index in [1.807, 2.05) is 35.9 Å². The number of nitrogens with zero attached hydrogens (tertiary/aromatic N) is 4. The Morgan fingerprint density at radius 1 is 1.13 bits per heavy atom. The zero-order valence-corrected chi connectivity index (χ0v) is 13.7. The Bertz CT molecular complexity index is 777. The van der Waals surface area contributed by atoms with Gasteiger partial charge in [-0.2, -0.15) is 5.10 Å². The molecule has 0 atom stereocenters. The van der Waals surface area contributed by atoms with Gasteiger partial charge in [-0.15, -0.1) is 0 Å².